The maximum Gasteiger partial charge on any atom is 0.249 e. The molecule has 2 aliphatic rings. The van der Waals surface area contributed by atoms with Gasteiger partial charge in [0.1, 0.15) is 23.3 Å². The number of aromatic nitrogens is 2. The SMILES string of the molecule is C.C.Cc1nc(CCC2CC(Oc3cc(F)c(F)c(F)c3)C2)nc2c1N(C)C(=O)[C@H](C)N2C.S. The van der Waals surface area contributed by atoms with Gasteiger partial charge in [-0.2, -0.15) is 13.5 Å². The molecule has 1 saturated carbocycles. The third-order valence-corrected chi connectivity index (χ3v) is 6.25. The first-order valence-electron chi connectivity index (χ1n) is 10.3. The minimum atomic E-state index is -1.49. The normalized spacial score (nSPS) is 20.9. The average molecular weight is 501 g/mol. The summed E-state index contributed by atoms with van der Waals surface area (Å²) in [7, 11) is 3.60. The Morgan fingerprint density at radius 2 is 1.68 bits per heavy atom. The van der Waals surface area contributed by atoms with Crippen LogP contribution in [0.15, 0.2) is 12.1 Å². The van der Waals surface area contributed by atoms with E-state index in [1.54, 1.807) is 11.9 Å². The first-order chi connectivity index (χ1) is 14.7. The summed E-state index contributed by atoms with van der Waals surface area (Å²) in [4.78, 5) is 25.2. The van der Waals surface area contributed by atoms with Crippen molar-refractivity contribution in [3.8, 4) is 5.75 Å². The number of benzene rings is 1. The number of ether oxygens (including phenoxy) is 1. The average Bonchev–Trinajstić information content (AvgIpc) is 2.69. The fourth-order valence-electron chi connectivity index (χ4n) is 4.23. The first kappa shape index (κ1) is 29.5. The fourth-order valence-corrected chi connectivity index (χ4v) is 4.23. The van der Waals surface area contributed by atoms with E-state index in [0.29, 0.717) is 12.3 Å². The van der Waals surface area contributed by atoms with Gasteiger partial charge in [-0.3, -0.25) is 4.79 Å². The first-order valence-corrected chi connectivity index (χ1v) is 10.3. The Morgan fingerprint density at radius 3 is 2.26 bits per heavy atom. The number of aryl methyl sites for hydroxylation is 2. The third kappa shape index (κ3) is 5.42. The van der Waals surface area contributed by atoms with Crippen molar-refractivity contribution in [3.05, 3.63) is 41.1 Å². The molecule has 1 aliphatic heterocycles. The van der Waals surface area contributed by atoms with E-state index in [1.807, 2.05) is 25.8 Å². The van der Waals surface area contributed by atoms with Crippen molar-refractivity contribution >= 4 is 30.9 Å². The quantitative estimate of drug-likeness (QED) is 0.530. The van der Waals surface area contributed by atoms with E-state index in [9.17, 15) is 18.0 Å². The number of hydrogen-bond acceptors (Lipinski definition) is 5. The lowest BCUT2D eigenvalue weighted by molar-refractivity contribution is -0.119. The molecule has 1 amide bonds. The Hall–Kier alpha value is -2.49. The summed E-state index contributed by atoms with van der Waals surface area (Å²) in [6, 6.07) is 1.45. The van der Waals surface area contributed by atoms with E-state index in [0.717, 1.165) is 54.4 Å². The summed E-state index contributed by atoms with van der Waals surface area (Å²) in [5, 5.41) is 0. The van der Waals surface area contributed by atoms with Gasteiger partial charge >= 0.3 is 0 Å². The van der Waals surface area contributed by atoms with Gasteiger partial charge in [-0.05, 0) is 39.0 Å². The number of halogens is 3. The van der Waals surface area contributed by atoms with Crippen LogP contribution < -0.4 is 14.5 Å². The topological polar surface area (TPSA) is 58.6 Å². The highest BCUT2D eigenvalue weighted by molar-refractivity contribution is 7.59. The molecule has 0 bridgehead atoms. The van der Waals surface area contributed by atoms with Gasteiger partial charge < -0.3 is 14.5 Å². The van der Waals surface area contributed by atoms with Gasteiger partial charge in [-0.25, -0.2) is 23.1 Å². The van der Waals surface area contributed by atoms with Gasteiger partial charge in [0, 0.05) is 32.6 Å². The van der Waals surface area contributed by atoms with Crippen LogP contribution in [0.4, 0.5) is 24.7 Å². The fraction of sp³-hybridized carbons (Fsp3) is 0.542. The highest BCUT2D eigenvalue weighted by Crippen LogP contribution is 2.37. The molecule has 0 radical (unpaired) electrons. The zero-order valence-electron chi connectivity index (χ0n) is 18.5. The molecular formula is C24H35F3N4O2S. The van der Waals surface area contributed by atoms with Crippen molar-refractivity contribution < 1.29 is 22.7 Å². The molecule has 0 N–H and O–H groups in total. The molecule has 1 fully saturated rings. The van der Waals surface area contributed by atoms with E-state index in [2.05, 4.69) is 4.98 Å². The second-order valence-electron chi connectivity index (χ2n) is 8.40. The smallest absolute Gasteiger partial charge is 0.249 e. The predicted molar refractivity (Wildman–Crippen MR) is 134 cm³/mol. The Morgan fingerprint density at radius 1 is 1.09 bits per heavy atom. The molecule has 4 rings (SSSR count). The van der Waals surface area contributed by atoms with Gasteiger partial charge in [0.05, 0.1) is 11.8 Å². The molecule has 190 valence electrons. The largest absolute Gasteiger partial charge is 0.490 e. The number of hydrogen-bond donors (Lipinski definition) is 0. The standard InChI is InChI=1S/C22H25F3N4O2.2CH4.H2S/c1-11-20-21(28(3)12(2)22(30)29(20)4)27-18(26-11)6-5-13-7-14(8-13)31-15-9-16(23)19(25)17(24)10-15;;;/h9-10,12-14H,5-8H2,1-4H3;2*1H4;1H2/t12-,13?,14?;;;/m0.../s1. The van der Waals surface area contributed by atoms with Crippen LogP contribution in [-0.2, 0) is 11.2 Å². The van der Waals surface area contributed by atoms with E-state index >= 15 is 0 Å². The molecule has 0 unspecified atom stereocenters. The number of fused-ring (bicyclic) bond motifs is 1. The van der Waals surface area contributed by atoms with Crippen LogP contribution in [0.1, 0.15) is 52.6 Å². The van der Waals surface area contributed by atoms with E-state index in [-0.39, 0.29) is 52.2 Å². The van der Waals surface area contributed by atoms with Gasteiger partial charge in [-0.1, -0.05) is 14.9 Å². The number of carbonyl (C=O) groups excluding carboxylic acids is 1. The maximum absolute atomic E-state index is 13.3. The molecule has 0 saturated heterocycles. The van der Waals surface area contributed by atoms with Crippen LogP contribution in [0, 0.1) is 30.3 Å². The molecule has 1 aromatic carbocycles. The molecule has 1 atom stereocenters. The Labute approximate surface area is 207 Å². The minimum Gasteiger partial charge on any atom is -0.490 e. The lowest BCUT2D eigenvalue weighted by atomic mass is 9.79. The summed E-state index contributed by atoms with van der Waals surface area (Å²) in [6.07, 6.45) is 2.90. The van der Waals surface area contributed by atoms with E-state index in [4.69, 9.17) is 9.72 Å². The second kappa shape index (κ2) is 11.3. The van der Waals surface area contributed by atoms with Crippen LogP contribution in [0.3, 0.4) is 0 Å². The Balaban J connectivity index is 0.00000193. The number of likely N-dealkylation sites (N-methyl/N-ethyl adjacent to an activating group) is 2. The van der Waals surface area contributed by atoms with Gasteiger partial charge in [0.15, 0.2) is 23.3 Å². The van der Waals surface area contributed by atoms with Gasteiger partial charge in [0.25, 0.3) is 0 Å². The molecule has 0 spiro atoms. The van der Waals surface area contributed by atoms with Crippen molar-refractivity contribution in [2.45, 2.75) is 66.5 Å². The van der Waals surface area contributed by atoms with Crippen LogP contribution >= 0.6 is 13.5 Å². The number of amides is 1. The molecule has 10 heteroatoms. The van der Waals surface area contributed by atoms with Crippen molar-refractivity contribution in [1.82, 2.24) is 9.97 Å². The van der Waals surface area contributed by atoms with E-state index < -0.39 is 17.5 Å². The summed E-state index contributed by atoms with van der Waals surface area (Å²) >= 11 is 0. The van der Waals surface area contributed by atoms with Gasteiger partial charge in [-0.15, -0.1) is 0 Å². The lowest BCUT2D eigenvalue weighted by Crippen LogP contribution is -2.50. The summed E-state index contributed by atoms with van der Waals surface area (Å²) in [5.74, 6) is -2.11. The predicted octanol–water partition coefficient (Wildman–Crippen LogP) is 5.18. The molecule has 6 nitrogen and oxygen atoms in total. The molecular weight excluding hydrogens is 465 g/mol. The Bertz CT molecular complexity index is 1010. The molecule has 2 heterocycles. The molecule has 1 aliphatic carbocycles. The van der Waals surface area contributed by atoms with Crippen LogP contribution in [0.25, 0.3) is 0 Å². The highest BCUT2D eigenvalue weighted by atomic mass is 32.1. The van der Waals surface area contributed by atoms with Gasteiger partial charge in [0.2, 0.25) is 5.91 Å². The zero-order chi connectivity index (χ0) is 22.4. The summed E-state index contributed by atoms with van der Waals surface area (Å²) in [5.41, 5.74) is 1.51. The van der Waals surface area contributed by atoms with Crippen LogP contribution in [0.2, 0.25) is 0 Å². The van der Waals surface area contributed by atoms with Crippen molar-refractivity contribution in [2.75, 3.05) is 23.9 Å². The monoisotopic (exact) mass is 500 g/mol. The lowest BCUT2D eigenvalue weighted by Gasteiger charge is -2.38. The van der Waals surface area contributed by atoms with Crippen molar-refractivity contribution in [2.24, 2.45) is 5.92 Å². The maximum atomic E-state index is 13.3. The molecule has 2 aromatic rings. The van der Waals surface area contributed by atoms with Crippen molar-refractivity contribution in [3.63, 3.8) is 0 Å². The number of anilines is 2. The number of carbonyl (C=O) groups is 1. The third-order valence-electron chi connectivity index (χ3n) is 6.25. The van der Waals surface area contributed by atoms with Crippen LogP contribution in [0.5, 0.6) is 5.75 Å². The minimum absolute atomic E-state index is 0. The van der Waals surface area contributed by atoms with Crippen molar-refractivity contribution in [1.29, 1.82) is 0 Å². The summed E-state index contributed by atoms with van der Waals surface area (Å²) < 4.78 is 45.2. The zero-order valence-corrected chi connectivity index (χ0v) is 19.5. The molecule has 34 heavy (non-hydrogen) atoms. The summed E-state index contributed by atoms with van der Waals surface area (Å²) in [6.45, 7) is 3.73. The highest BCUT2D eigenvalue weighted by Gasteiger charge is 2.35. The van der Waals surface area contributed by atoms with Crippen LogP contribution in [-0.4, -0.2) is 42.1 Å². The Kier molecular flexibility index (Phi) is 9.81. The van der Waals surface area contributed by atoms with E-state index in [1.165, 1.54) is 0 Å². The number of rotatable bonds is 5. The number of nitrogens with zero attached hydrogens (tertiary/aromatic N) is 4. The second-order valence-corrected chi connectivity index (χ2v) is 8.40. The molecule has 1 aromatic heterocycles.